The average molecular weight is 287 g/mol. The Morgan fingerprint density at radius 1 is 1.10 bits per heavy atom. The number of nitrogens with two attached hydrogens (primary N) is 1. The molecule has 1 aliphatic heterocycles. The van der Waals surface area contributed by atoms with Crippen molar-refractivity contribution in [1.82, 2.24) is 9.80 Å². The summed E-state index contributed by atoms with van der Waals surface area (Å²) in [4.78, 5) is 5.26. The third-order valence-corrected chi connectivity index (χ3v) is 5.23. The Balaban J connectivity index is 1.56. The third-order valence-electron chi connectivity index (χ3n) is 5.23. The van der Waals surface area contributed by atoms with Gasteiger partial charge in [0.05, 0.1) is 0 Å². The van der Waals surface area contributed by atoms with Crippen LogP contribution in [0.3, 0.4) is 0 Å². The highest BCUT2D eigenvalue weighted by Gasteiger charge is 2.30. The van der Waals surface area contributed by atoms with Crippen molar-refractivity contribution in [3.05, 3.63) is 35.9 Å². The summed E-state index contributed by atoms with van der Waals surface area (Å²) in [5.74, 6) is 1.51. The minimum Gasteiger partial charge on any atom is -0.329 e. The van der Waals surface area contributed by atoms with Crippen LogP contribution in [0, 0.1) is 5.92 Å². The van der Waals surface area contributed by atoms with Gasteiger partial charge in [-0.25, -0.2) is 0 Å². The minimum absolute atomic E-state index is 0.468. The lowest BCUT2D eigenvalue weighted by Gasteiger charge is -2.41. The van der Waals surface area contributed by atoms with Crippen LogP contribution >= 0.6 is 0 Å². The summed E-state index contributed by atoms with van der Waals surface area (Å²) >= 11 is 0. The van der Waals surface area contributed by atoms with Gasteiger partial charge >= 0.3 is 0 Å². The molecular weight excluding hydrogens is 258 g/mol. The van der Waals surface area contributed by atoms with Crippen LogP contribution in [0.25, 0.3) is 0 Å². The number of hydrogen-bond donors (Lipinski definition) is 1. The van der Waals surface area contributed by atoms with Crippen molar-refractivity contribution < 1.29 is 0 Å². The van der Waals surface area contributed by atoms with Gasteiger partial charge in [0.25, 0.3) is 0 Å². The van der Waals surface area contributed by atoms with E-state index in [4.69, 9.17) is 5.73 Å². The van der Waals surface area contributed by atoms with Crippen molar-refractivity contribution in [2.24, 2.45) is 11.7 Å². The van der Waals surface area contributed by atoms with Crippen LogP contribution in [0.1, 0.15) is 31.2 Å². The normalized spacial score (nSPS) is 23.9. The van der Waals surface area contributed by atoms with Crippen LogP contribution in [0.5, 0.6) is 0 Å². The van der Waals surface area contributed by atoms with E-state index in [-0.39, 0.29) is 0 Å². The van der Waals surface area contributed by atoms with Crippen LogP contribution in [0.2, 0.25) is 0 Å². The molecule has 0 spiro atoms. The molecule has 3 nitrogen and oxygen atoms in total. The van der Waals surface area contributed by atoms with Crippen LogP contribution in [0.4, 0.5) is 0 Å². The van der Waals surface area contributed by atoms with Crippen molar-refractivity contribution in [2.75, 3.05) is 39.3 Å². The molecule has 2 aliphatic rings. The molecule has 0 amide bonds. The van der Waals surface area contributed by atoms with Gasteiger partial charge in [-0.05, 0) is 30.2 Å². The summed E-state index contributed by atoms with van der Waals surface area (Å²) in [5.41, 5.74) is 7.52. The Morgan fingerprint density at radius 2 is 1.76 bits per heavy atom. The van der Waals surface area contributed by atoms with E-state index in [0.717, 1.165) is 12.5 Å². The number of piperazine rings is 1. The molecule has 1 saturated carbocycles. The predicted octanol–water partition coefficient (Wildman–Crippen LogP) is 2.14. The molecule has 0 bridgehead atoms. The monoisotopic (exact) mass is 287 g/mol. The fourth-order valence-electron chi connectivity index (χ4n) is 3.59. The lowest BCUT2D eigenvalue weighted by molar-refractivity contribution is 0.0867. The molecule has 0 aromatic heterocycles. The van der Waals surface area contributed by atoms with E-state index in [1.165, 1.54) is 51.1 Å². The molecule has 1 heterocycles. The van der Waals surface area contributed by atoms with Crippen LogP contribution in [-0.4, -0.2) is 55.1 Å². The van der Waals surface area contributed by atoms with Gasteiger partial charge in [-0.2, -0.15) is 0 Å². The number of hydrogen-bond acceptors (Lipinski definition) is 3. The van der Waals surface area contributed by atoms with Gasteiger partial charge in [-0.1, -0.05) is 37.3 Å². The average Bonchev–Trinajstić information content (AvgIpc) is 3.34. The Morgan fingerprint density at radius 3 is 2.33 bits per heavy atom. The van der Waals surface area contributed by atoms with E-state index in [0.29, 0.717) is 12.0 Å². The van der Waals surface area contributed by atoms with E-state index >= 15 is 0 Å². The highest BCUT2D eigenvalue weighted by atomic mass is 15.3. The number of benzene rings is 1. The maximum atomic E-state index is 6.11. The zero-order valence-corrected chi connectivity index (χ0v) is 13.2. The first kappa shape index (κ1) is 15.0. The van der Waals surface area contributed by atoms with E-state index in [1.807, 2.05) is 0 Å². The molecule has 116 valence electrons. The largest absolute Gasteiger partial charge is 0.329 e. The Bertz CT molecular complexity index is 421. The van der Waals surface area contributed by atoms with Gasteiger partial charge in [0.2, 0.25) is 0 Å². The molecule has 3 heteroatoms. The summed E-state index contributed by atoms with van der Waals surface area (Å²) in [7, 11) is 0. The highest BCUT2D eigenvalue weighted by molar-refractivity contribution is 5.20. The van der Waals surface area contributed by atoms with Crippen molar-refractivity contribution in [3.63, 3.8) is 0 Å². The first-order valence-electron chi connectivity index (χ1n) is 8.49. The molecule has 0 radical (unpaired) electrons. The molecule has 2 fully saturated rings. The van der Waals surface area contributed by atoms with Crippen molar-refractivity contribution in [1.29, 1.82) is 0 Å². The predicted molar refractivity (Wildman–Crippen MR) is 88.4 cm³/mol. The van der Waals surface area contributed by atoms with E-state index in [2.05, 4.69) is 47.1 Å². The zero-order chi connectivity index (χ0) is 14.7. The fourth-order valence-corrected chi connectivity index (χ4v) is 3.59. The molecule has 1 saturated heterocycles. The first-order chi connectivity index (χ1) is 10.3. The first-order valence-corrected chi connectivity index (χ1v) is 8.49. The van der Waals surface area contributed by atoms with Crippen LogP contribution in [-0.2, 0) is 0 Å². The van der Waals surface area contributed by atoms with Crippen LogP contribution in [0.15, 0.2) is 30.3 Å². The fraction of sp³-hybridized carbons (Fsp3) is 0.667. The van der Waals surface area contributed by atoms with Gasteiger partial charge in [0, 0.05) is 45.3 Å². The topological polar surface area (TPSA) is 32.5 Å². The molecular formula is C18H29N3. The summed E-state index contributed by atoms with van der Waals surface area (Å²) in [6.07, 6.45) is 2.91. The van der Waals surface area contributed by atoms with Crippen LogP contribution < -0.4 is 5.73 Å². The Labute approximate surface area is 129 Å². The van der Waals surface area contributed by atoms with Crippen molar-refractivity contribution in [3.8, 4) is 0 Å². The molecule has 1 aliphatic carbocycles. The van der Waals surface area contributed by atoms with Gasteiger partial charge in [0.1, 0.15) is 0 Å². The van der Waals surface area contributed by atoms with Gasteiger partial charge in [-0.15, -0.1) is 0 Å². The van der Waals surface area contributed by atoms with Crippen molar-refractivity contribution >= 4 is 0 Å². The maximum Gasteiger partial charge on any atom is 0.0285 e. The quantitative estimate of drug-likeness (QED) is 0.870. The Kier molecular flexibility index (Phi) is 4.94. The summed E-state index contributed by atoms with van der Waals surface area (Å²) in [6.45, 7) is 9.18. The second-order valence-corrected chi connectivity index (χ2v) is 6.78. The molecule has 2 N–H and O–H groups in total. The molecule has 21 heavy (non-hydrogen) atoms. The highest BCUT2D eigenvalue weighted by Crippen LogP contribution is 2.30. The van der Waals surface area contributed by atoms with Crippen molar-refractivity contribution in [2.45, 2.75) is 31.7 Å². The van der Waals surface area contributed by atoms with E-state index in [1.54, 1.807) is 0 Å². The SMILES string of the molecule is CC(c1ccccc1)C(CN)N1CCN(CC2CC2)CC1. The summed E-state index contributed by atoms with van der Waals surface area (Å²) in [5, 5.41) is 0. The minimum atomic E-state index is 0.468. The smallest absolute Gasteiger partial charge is 0.0285 e. The summed E-state index contributed by atoms with van der Waals surface area (Å²) < 4.78 is 0. The number of rotatable bonds is 6. The third kappa shape index (κ3) is 3.85. The molecule has 2 atom stereocenters. The lowest BCUT2D eigenvalue weighted by atomic mass is 9.91. The van der Waals surface area contributed by atoms with Gasteiger partial charge < -0.3 is 10.6 Å². The van der Waals surface area contributed by atoms with E-state index in [9.17, 15) is 0 Å². The molecule has 1 aromatic carbocycles. The lowest BCUT2D eigenvalue weighted by Crippen LogP contribution is -2.54. The zero-order valence-electron chi connectivity index (χ0n) is 13.2. The standard InChI is InChI=1S/C18H29N3/c1-15(17-5-3-2-4-6-17)18(13-19)21-11-9-20(10-12-21)14-16-7-8-16/h2-6,15-16,18H,7-14,19H2,1H3. The van der Waals surface area contributed by atoms with Gasteiger partial charge in [-0.3, -0.25) is 4.90 Å². The molecule has 1 aromatic rings. The second-order valence-electron chi connectivity index (χ2n) is 6.78. The summed E-state index contributed by atoms with van der Waals surface area (Å²) in [6, 6.07) is 11.3. The second kappa shape index (κ2) is 6.91. The molecule has 3 rings (SSSR count). The number of nitrogens with zero attached hydrogens (tertiary/aromatic N) is 2. The molecule has 2 unspecified atom stereocenters. The van der Waals surface area contributed by atoms with Gasteiger partial charge in [0.15, 0.2) is 0 Å². The van der Waals surface area contributed by atoms with E-state index < -0.39 is 0 Å². The Hall–Kier alpha value is -0.900. The maximum absolute atomic E-state index is 6.11.